The maximum Gasteiger partial charge on any atom is 0.306 e. The van der Waals surface area contributed by atoms with Gasteiger partial charge in [-0.3, -0.25) is 4.79 Å². The van der Waals surface area contributed by atoms with Gasteiger partial charge >= 0.3 is 5.97 Å². The van der Waals surface area contributed by atoms with Crippen molar-refractivity contribution in [2.75, 3.05) is 6.61 Å². The average molecular weight is 685 g/mol. The van der Waals surface area contributed by atoms with Gasteiger partial charge in [0.15, 0.2) is 8.32 Å². The van der Waals surface area contributed by atoms with E-state index in [9.17, 15) is 4.79 Å². The van der Waals surface area contributed by atoms with Crippen LogP contribution < -0.4 is 0 Å². The van der Waals surface area contributed by atoms with Gasteiger partial charge in [-0.25, -0.2) is 0 Å². The molecule has 0 aromatic heterocycles. The van der Waals surface area contributed by atoms with Gasteiger partial charge in [0.25, 0.3) is 0 Å². The molecular formula is C44H80O3Si. The van der Waals surface area contributed by atoms with E-state index in [1.807, 2.05) is 0 Å². The van der Waals surface area contributed by atoms with E-state index in [1.165, 1.54) is 83.5 Å². The van der Waals surface area contributed by atoms with Gasteiger partial charge in [-0.15, -0.1) is 0 Å². The fraction of sp³-hybridized carbons (Fsp3) is 0.750. The monoisotopic (exact) mass is 685 g/mol. The van der Waals surface area contributed by atoms with Crippen molar-refractivity contribution < 1.29 is 14.0 Å². The predicted molar refractivity (Wildman–Crippen MR) is 216 cm³/mol. The smallest absolute Gasteiger partial charge is 0.306 e. The van der Waals surface area contributed by atoms with Gasteiger partial charge in [0.05, 0.1) is 0 Å². The van der Waals surface area contributed by atoms with Crippen LogP contribution in [0.1, 0.15) is 182 Å². The molecule has 0 bridgehead atoms. The third-order valence-electron chi connectivity index (χ3n) is 9.49. The first-order valence-electron chi connectivity index (χ1n) is 20.2. The average Bonchev–Trinajstić information content (AvgIpc) is 3.04. The quantitative estimate of drug-likeness (QED) is 0.0306. The molecule has 0 aliphatic heterocycles. The summed E-state index contributed by atoms with van der Waals surface area (Å²) in [5, 5.41) is 0.302. The van der Waals surface area contributed by atoms with E-state index in [0.717, 1.165) is 64.4 Å². The minimum absolute atomic E-state index is 0.0238. The summed E-state index contributed by atoms with van der Waals surface area (Å²) in [5.41, 5.74) is 0. The molecule has 0 N–H and O–H groups in total. The molecule has 0 fully saturated rings. The van der Waals surface area contributed by atoms with Gasteiger partial charge < -0.3 is 9.16 Å². The number of rotatable bonds is 32. The third kappa shape index (κ3) is 30.4. The van der Waals surface area contributed by atoms with Crippen molar-refractivity contribution in [1.29, 1.82) is 0 Å². The van der Waals surface area contributed by atoms with E-state index in [-0.39, 0.29) is 12.1 Å². The number of unbranched alkanes of at least 4 members (excludes halogenated alkanes) is 13. The van der Waals surface area contributed by atoms with Crippen molar-refractivity contribution in [1.82, 2.24) is 0 Å². The number of carbonyl (C=O) groups excluding carboxylic acids is 1. The number of carbonyl (C=O) groups is 1. The molecule has 0 aromatic rings. The molecule has 0 rings (SSSR count). The second kappa shape index (κ2) is 32.5. The van der Waals surface area contributed by atoms with Crippen LogP contribution in [0.25, 0.3) is 0 Å². The van der Waals surface area contributed by atoms with Gasteiger partial charge in [-0.2, -0.15) is 0 Å². The summed E-state index contributed by atoms with van der Waals surface area (Å²) in [7, 11) is -1.59. The summed E-state index contributed by atoms with van der Waals surface area (Å²) in [6.45, 7) is 17.0. The van der Waals surface area contributed by atoms with Crippen molar-refractivity contribution in [2.24, 2.45) is 0 Å². The van der Waals surface area contributed by atoms with Gasteiger partial charge in [0.1, 0.15) is 6.10 Å². The molecule has 0 saturated heterocycles. The first kappa shape index (κ1) is 46.3. The lowest BCUT2D eigenvalue weighted by Crippen LogP contribution is -2.40. The number of esters is 1. The zero-order chi connectivity index (χ0) is 35.6. The molecule has 0 amide bonds. The van der Waals surface area contributed by atoms with Crippen LogP contribution in [0, 0.1) is 0 Å². The Morgan fingerprint density at radius 3 is 1.62 bits per heavy atom. The first-order chi connectivity index (χ1) is 23.1. The highest BCUT2D eigenvalue weighted by atomic mass is 28.4. The van der Waals surface area contributed by atoms with Crippen molar-refractivity contribution in [3.63, 3.8) is 0 Å². The normalized spacial score (nSPS) is 13.7. The van der Waals surface area contributed by atoms with E-state index in [1.54, 1.807) is 0 Å². The van der Waals surface area contributed by atoms with Gasteiger partial charge in [-0.1, -0.05) is 153 Å². The number of hydrogen-bond donors (Lipinski definition) is 0. The topological polar surface area (TPSA) is 35.5 Å². The standard InChI is InChI=1S/C44H80O3Si/c1-8-10-12-14-15-16-17-18-19-20-21-22-23-26-29-32-36-40-43(45)47-42(38-34-13-11-9-2)39-35-31-28-25-24-27-30-33-37-41-46-48(6,7)44(3,4)5/h15-16,18-19,21-22,26,29,31,35,42H,8-14,17,20,23-25,27-28,30,32-34,36-41H2,1-7H3/b16-15-,19-18-,22-21-,29-26-,35-31?. The molecule has 0 saturated carbocycles. The third-order valence-corrected chi connectivity index (χ3v) is 14.0. The van der Waals surface area contributed by atoms with Gasteiger partial charge in [-0.05, 0) is 95.2 Å². The Bertz CT molecular complexity index is 874. The van der Waals surface area contributed by atoms with Crippen LogP contribution in [0.4, 0.5) is 0 Å². The fourth-order valence-electron chi connectivity index (χ4n) is 5.17. The summed E-state index contributed by atoms with van der Waals surface area (Å²) in [4.78, 5) is 12.6. The highest BCUT2D eigenvalue weighted by molar-refractivity contribution is 6.74. The van der Waals surface area contributed by atoms with E-state index < -0.39 is 8.32 Å². The molecule has 48 heavy (non-hydrogen) atoms. The second-order valence-electron chi connectivity index (χ2n) is 15.2. The van der Waals surface area contributed by atoms with E-state index in [2.05, 4.69) is 108 Å². The molecule has 1 unspecified atom stereocenters. The van der Waals surface area contributed by atoms with Crippen LogP contribution in [0.15, 0.2) is 60.8 Å². The van der Waals surface area contributed by atoms with Crippen LogP contribution >= 0.6 is 0 Å². The van der Waals surface area contributed by atoms with Gasteiger partial charge in [0.2, 0.25) is 0 Å². The number of ether oxygens (including phenoxy) is 1. The summed E-state index contributed by atoms with van der Waals surface area (Å²) in [6.07, 6.45) is 48.4. The molecule has 0 radical (unpaired) electrons. The van der Waals surface area contributed by atoms with E-state index >= 15 is 0 Å². The van der Waals surface area contributed by atoms with Crippen LogP contribution in [-0.4, -0.2) is 27.0 Å². The van der Waals surface area contributed by atoms with Crippen molar-refractivity contribution >= 4 is 14.3 Å². The molecule has 278 valence electrons. The summed E-state index contributed by atoms with van der Waals surface area (Å²) < 4.78 is 12.2. The lowest BCUT2D eigenvalue weighted by atomic mass is 10.1. The van der Waals surface area contributed by atoms with Gasteiger partial charge in [0, 0.05) is 19.4 Å². The highest BCUT2D eigenvalue weighted by Gasteiger charge is 2.36. The molecule has 0 aliphatic carbocycles. The Hall–Kier alpha value is -1.65. The second-order valence-corrected chi connectivity index (χ2v) is 20.0. The zero-order valence-corrected chi connectivity index (χ0v) is 34.0. The Morgan fingerprint density at radius 1 is 0.583 bits per heavy atom. The van der Waals surface area contributed by atoms with Crippen molar-refractivity contribution in [2.45, 2.75) is 207 Å². The molecule has 0 aromatic carbocycles. The fourth-order valence-corrected chi connectivity index (χ4v) is 6.26. The maximum absolute atomic E-state index is 12.6. The highest BCUT2D eigenvalue weighted by Crippen LogP contribution is 2.36. The first-order valence-corrected chi connectivity index (χ1v) is 23.1. The summed E-state index contributed by atoms with van der Waals surface area (Å²) >= 11 is 0. The Kier molecular flexibility index (Phi) is 31.4. The maximum atomic E-state index is 12.6. The van der Waals surface area contributed by atoms with E-state index in [0.29, 0.717) is 11.5 Å². The predicted octanol–water partition coefficient (Wildman–Crippen LogP) is 14.7. The van der Waals surface area contributed by atoms with Crippen LogP contribution in [0.5, 0.6) is 0 Å². The Morgan fingerprint density at radius 2 is 1.04 bits per heavy atom. The largest absolute Gasteiger partial charge is 0.462 e. The lowest BCUT2D eigenvalue weighted by Gasteiger charge is -2.36. The molecule has 1 atom stereocenters. The molecule has 3 nitrogen and oxygen atoms in total. The van der Waals surface area contributed by atoms with Crippen molar-refractivity contribution in [3.05, 3.63) is 60.8 Å². The molecular weight excluding hydrogens is 605 g/mol. The van der Waals surface area contributed by atoms with Crippen LogP contribution in [0.2, 0.25) is 18.1 Å². The zero-order valence-electron chi connectivity index (χ0n) is 33.0. The molecule has 4 heteroatoms. The summed E-state index contributed by atoms with van der Waals surface area (Å²) in [6, 6.07) is 0. The summed E-state index contributed by atoms with van der Waals surface area (Å²) in [5.74, 6) is -0.0329. The van der Waals surface area contributed by atoms with Crippen LogP contribution in [0.3, 0.4) is 0 Å². The lowest BCUT2D eigenvalue weighted by molar-refractivity contribution is -0.149. The Labute approximate surface area is 301 Å². The minimum Gasteiger partial charge on any atom is -0.462 e. The van der Waals surface area contributed by atoms with Crippen LogP contribution in [-0.2, 0) is 14.0 Å². The number of hydrogen-bond acceptors (Lipinski definition) is 3. The number of allylic oxidation sites excluding steroid dienone is 9. The van der Waals surface area contributed by atoms with E-state index in [4.69, 9.17) is 9.16 Å². The minimum atomic E-state index is -1.59. The van der Waals surface area contributed by atoms with Crippen molar-refractivity contribution in [3.8, 4) is 0 Å². The SMILES string of the molecule is CCCCC/C=C\C/C=C\C/C=C\C/C=C\CCCC(=O)OC(CC=CCCCCCCCCO[Si](C)(C)C(C)(C)C)CCCCCC. The Balaban J connectivity index is 4.09. The molecule has 0 heterocycles. The molecule has 0 aliphatic rings. The molecule has 0 spiro atoms.